The smallest absolute Gasteiger partial charge is 0.0467 e. The molecule has 0 radical (unpaired) electrons. The molecule has 0 amide bonds. The monoisotopic (exact) mass is 539 g/mol. The van der Waals surface area contributed by atoms with E-state index in [0.29, 0.717) is 0 Å². The fourth-order valence-electron chi connectivity index (χ4n) is 8.73. The van der Waals surface area contributed by atoms with Gasteiger partial charge in [0.1, 0.15) is 0 Å². The first-order valence-electron chi connectivity index (χ1n) is 15.5. The van der Waals surface area contributed by atoms with Crippen LogP contribution in [0.15, 0.2) is 140 Å². The minimum Gasteiger partial charge on any atom is -0.310 e. The van der Waals surface area contributed by atoms with Crippen molar-refractivity contribution in [3.8, 4) is 22.3 Å². The van der Waals surface area contributed by atoms with Gasteiger partial charge >= 0.3 is 0 Å². The number of para-hydroxylation sites is 1. The molecule has 2 saturated carbocycles. The Morgan fingerprint density at radius 1 is 0.500 bits per heavy atom. The van der Waals surface area contributed by atoms with E-state index in [1.165, 1.54) is 75.8 Å². The summed E-state index contributed by atoms with van der Waals surface area (Å²) in [5, 5.41) is 2.55. The Balaban J connectivity index is 1.21. The number of hydrogen-bond acceptors (Lipinski definition) is 1. The van der Waals surface area contributed by atoms with E-state index >= 15 is 0 Å². The average molecular weight is 540 g/mol. The van der Waals surface area contributed by atoms with E-state index in [0.717, 1.165) is 11.8 Å². The molecule has 1 spiro atoms. The van der Waals surface area contributed by atoms with Gasteiger partial charge in [0, 0.05) is 22.5 Å². The van der Waals surface area contributed by atoms with Crippen LogP contribution in [0.3, 0.4) is 0 Å². The van der Waals surface area contributed by atoms with Gasteiger partial charge in [-0.3, -0.25) is 0 Å². The van der Waals surface area contributed by atoms with E-state index in [1.807, 2.05) is 0 Å². The molecule has 1 heteroatoms. The van der Waals surface area contributed by atoms with Crippen LogP contribution in [0.5, 0.6) is 0 Å². The molecule has 3 atom stereocenters. The summed E-state index contributed by atoms with van der Waals surface area (Å²) in [6, 6.07) is 51.9. The summed E-state index contributed by atoms with van der Waals surface area (Å²) in [6.45, 7) is 0. The highest BCUT2D eigenvalue weighted by atomic mass is 15.1. The summed E-state index contributed by atoms with van der Waals surface area (Å²) >= 11 is 0. The van der Waals surface area contributed by atoms with Gasteiger partial charge in [-0.25, -0.2) is 0 Å². The Bertz CT molecular complexity index is 1970. The van der Waals surface area contributed by atoms with Crippen molar-refractivity contribution in [2.75, 3.05) is 4.90 Å². The van der Waals surface area contributed by atoms with E-state index in [-0.39, 0.29) is 5.41 Å². The molecule has 202 valence electrons. The Labute approximate surface area is 248 Å². The summed E-state index contributed by atoms with van der Waals surface area (Å²) in [5.41, 5.74) is 12.3. The highest BCUT2D eigenvalue weighted by Crippen LogP contribution is 2.66. The first-order chi connectivity index (χ1) is 20.8. The minimum atomic E-state index is 0.167. The van der Waals surface area contributed by atoms with Crippen LogP contribution in [0.4, 0.5) is 17.1 Å². The Hall–Kier alpha value is -4.62. The second-order valence-electron chi connectivity index (χ2n) is 12.6. The number of nitrogens with zero attached hydrogens (tertiary/aromatic N) is 1. The Morgan fingerprint density at radius 3 is 2.10 bits per heavy atom. The van der Waals surface area contributed by atoms with Crippen molar-refractivity contribution >= 4 is 27.8 Å². The molecule has 3 aliphatic rings. The third-order valence-corrected chi connectivity index (χ3v) is 10.5. The van der Waals surface area contributed by atoms with Gasteiger partial charge < -0.3 is 4.90 Å². The van der Waals surface area contributed by atoms with Gasteiger partial charge in [-0.2, -0.15) is 0 Å². The molecule has 2 fully saturated rings. The standard InChI is InChI=1S/C41H33N/c1-2-12-34(13-3-1)42(35-14-8-11-31(25-35)32-19-18-29-9-4-5-10-30(29)24-32)36-21-22-38-37-15-6-7-16-39(37)41(40(38)26-36)27-28-17-20-33(41)23-28/h1-16,18-19,21-22,24-26,28,33H,17,20,23,27H2. The topological polar surface area (TPSA) is 3.24 Å². The highest BCUT2D eigenvalue weighted by Gasteiger charge is 2.56. The second kappa shape index (κ2) is 9.19. The second-order valence-corrected chi connectivity index (χ2v) is 12.6. The maximum atomic E-state index is 2.55. The number of rotatable bonds is 4. The maximum absolute atomic E-state index is 2.55. The van der Waals surface area contributed by atoms with Gasteiger partial charge in [0.05, 0.1) is 0 Å². The van der Waals surface area contributed by atoms with Crippen molar-refractivity contribution < 1.29 is 0 Å². The first kappa shape index (κ1) is 24.0. The lowest BCUT2D eigenvalue weighted by Gasteiger charge is -2.37. The predicted molar refractivity (Wildman–Crippen MR) is 176 cm³/mol. The highest BCUT2D eigenvalue weighted by molar-refractivity contribution is 5.89. The number of benzene rings is 6. The normalized spacial score (nSPS) is 21.5. The van der Waals surface area contributed by atoms with Crippen molar-refractivity contribution in [3.05, 3.63) is 151 Å². The van der Waals surface area contributed by atoms with E-state index in [9.17, 15) is 0 Å². The molecule has 6 aromatic carbocycles. The minimum absolute atomic E-state index is 0.167. The van der Waals surface area contributed by atoms with Crippen LogP contribution in [0.1, 0.15) is 36.8 Å². The summed E-state index contributed by atoms with van der Waals surface area (Å²) in [6.07, 6.45) is 5.45. The lowest BCUT2D eigenvalue weighted by molar-refractivity contribution is 0.327. The summed E-state index contributed by atoms with van der Waals surface area (Å²) in [5.74, 6) is 1.61. The van der Waals surface area contributed by atoms with Crippen LogP contribution >= 0.6 is 0 Å². The molecular weight excluding hydrogens is 506 g/mol. The molecule has 9 rings (SSSR count). The van der Waals surface area contributed by atoms with Crippen molar-refractivity contribution in [3.63, 3.8) is 0 Å². The zero-order valence-electron chi connectivity index (χ0n) is 23.7. The SMILES string of the molecule is c1ccc(N(c2cccc(-c3ccc4ccccc4c3)c2)c2ccc3c(c2)C2(CC4CCC2C4)c2ccccc2-3)cc1. The molecule has 0 N–H and O–H groups in total. The lowest BCUT2D eigenvalue weighted by Crippen LogP contribution is -2.32. The molecule has 6 aromatic rings. The largest absolute Gasteiger partial charge is 0.310 e. The van der Waals surface area contributed by atoms with Gasteiger partial charge in [0.25, 0.3) is 0 Å². The zero-order valence-corrected chi connectivity index (χ0v) is 23.7. The average Bonchev–Trinajstić information content (AvgIpc) is 3.75. The molecule has 0 aromatic heterocycles. The number of hydrogen-bond donors (Lipinski definition) is 0. The number of fused-ring (bicyclic) bond motifs is 9. The third kappa shape index (κ3) is 3.50. The fraction of sp³-hybridized carbons (Fsp3) is 0.171. The van der Waals surface area contributed by atoms with E-state index in [1.54, 1.807) is 11.1 Å². The van der Waals surface area contributed by atoms with Gasteiger partial charge in [-0.1, -0.05) is 103 Å². The van der Waals surface area contributed by atoms with Crippen LogP contribution in [0.25, 0.3) is 33.0 Å². The van der Waals surface area contributed by atoms with E-state index in [4.69, 9.17) is 0 Å². The Morgan fingerprint density at radius 2 is 1.24 bits per heavy atom. The van der Waals surface area contributed by atoms with E-state index < -0.39 is 0 Å². The zero-order chi connectivity index (χ0) is 27.7. The number of anilines is 3. The Kier molecular flexibility index (Phi) is 5.26. The molecule has 3 unspecified atom stereocenters. The van der Waals surface area contributed by atoms with Crippen LogP contribution in [0.2, 0.25) is 0 Å². The molecule has 1 nitrogen and oxygen atoms in total. The first-order valence-corrected chi connectivity index (χ1v) is 15.5. The summed E-state index contributed by atoms with van der Waals surface area (Å²) in [7, 11) is 0. The molecular formula is C41H33N. The fourth-order valence-corrected chi connectivity index (χ4v) is 8.73. The molecule has 3 aliphatic carbocycles. The quantitative estimate of drug-likeness (QED) is 0.215. The van der Waals surface area contributed by atoms with Crippen LogP contribution < -0.4 is 4.90 Å². The van der Waals surface area contributed by atoms with Crippen LogP contribution in [-0.2, 0) is 5.41 Å². The van der Waals surface area contributed by atoms with Gasteiger partial charge in [-0.05, 0) is 118 Å². The third-order valence-electron chi connectivity index (χ3n) is 10.5. The van der Waals surface area contributed by atoms with Crippen molar-refractivity contribution in [2.45, 2.75) is 31.1 Å². The predicted octanol–water partition coefficient (Wildman–Crippen LogP) is 11.1. The van der Waals surface area contributed by atoms with Crippen molar-refractivity contribution in [2.24, 2.45) is 11.8 Å². The molecule has 0 saturated heterocycles. The molecule has 2 bridgehead atoms. The van der Waals surface area contributed by atoms with Crippen molar-refractivity contribution in [1.29, 1.82) is 0 Å². The van der Waals surface area contributed by atoms with Crippen LogP contribution in [0, 0.1) is 11.8 Å². The van der Waals surface area contributed by atoms with Gasteiger partial charge in [0.15, 0.2) is 0 Å². The van der Waals surface area contributed by atoms with Crippen molar-refractivity contribution in [1.82, 2.24) is 0 Å². The van der Waals surface area contributed by atoms with Gasteiger partial charge in [0.2, 0.25) is 0 Å². The molecule has 42 heavy (non-hydrogen) atoms. The van der Waals surface area contributed by atoms with Crippen LogP contribution in [-0.4, -0.2) is 0 Å². The van der Waals surface area contributed by atoms with Gasteiger partial charge in [-0.15, -0.1) is 0 Å². The summed E-state index contributed by atoms with van der Waals surface area (Å²) in [4.78, 5) is 2.45. The summed E-state index contributed by atoms with van der Waals surface area (Å²) < 4.78 is 0. The maximum Gasteiger partial charge on any atom is 0.0467 e. The van der Waals surface area contributed by atoms with E-state index in [2.05, 4.69) is 144 Å². The molecule has 0 aliphatic heterocycles. The lowest BCUT2D eigenvalue weighted by atomic mass is 9.67. The molecule has 0 heterocycles.